The largest absolute Gasteiger partial charge is 0.445 e. The van der Waals surface area contributed by atoms with Crippen LogP contribution in [0.1, 0.15) is 56.9 Å². The molecular weight excluding hydrogens is 588 g/mol. The normalized spacial score (nSPS) is 16.3. The lowest BCUT2D eigenvalue weighted by Crippen LogP contribution is -2.49. The van der Waals surface area contributed by atoms with Gasteiger partial charge in [0.2, 0.25) is 11.8 Å². The molecule has 2 aromatic rings. The minimum absolute atomic E-state index is 0.00205. The second-order valence-corrected chi connectivity index (χ2v) is 12.9. The van der Waals surface area contributed by atoms with Crippen LogP contribution in [0.2, 0.25) is 0 Å². The molecule has 44 heavy (non-hydrogen) atoms. The summed E-state index contributed by atoms with van der Waals surface area (Å²) in [7, 11) is -3.96. The van der Waals surface area contributed by atoms with Crippen LogP contribution in [-0.2, 0) is 40.6 Å². The van der Waals surface area contributed by atoms with Crippen LogP contribution in [-0.4, -0.2) is 74.8 Å². The van der Waals surface area contributed by atoms with E-state index in [2.05, 4.69) is 5.32 Å². The van der Waals surface area contributed by atoms with Gasteiger partial charge in [-0.25, -0.2) is 13.2 Å². The van der Waals surface area contributed by atoms with Crippen molar-refractivity contribution in [3.63, 3.8) is 0 Å². The SMILES string of the molecule is O=C(CCCC(=O)N1CCC2(CC1)CCN(C(=O)CCNC(=O)OCc1ccccc1)CC2)ONS(=O)(=O)c1ccccc1. The zero-order valence-electron chi connectivity index (χ0n) is 24.7. The Hall–Kier alpha value is -3.97. The number of piperidine rings is 2. The second kappa shape index (κ2) is 15.7. The second-order valence-electron chi connectivity index (χ2n) is 11.2. The third-order valence-corrected chi connectivity index (χ3v) is 9.46. The minimum Gasteiger partial charge on any atom is -0.445 e. The number of nitrogens with one attached hydrogen (secondary N) is 2. The lowest BCUT2D eigenvalue weighted by Gasteiger charge is -2.47. The fourth-order valence-electron chi connectivity index (χ4n) is 5.51. The van der Waals surface area contributed by atoms with E-state index in [0.29, 0.717) is 26.2 Å². The van der Waals surface area contributed by atoms with E-state index in [1.54, 1.807) is 18.2 Å². The van der Waals surface area contributed by atoms with Crippen LogP contribution in [0.15, 0.2) is 65.6 Å². The summed E-state index contributed by atoms with van der Waals surface area (Å²) in [6.45, 7) is 2.95. The van der Waals surface area contributed by atoms with E-state index in [1.807, 2.05) is 45.0 Å². The van der Waals surface area contributed by atoms with Gasteiger partial charge >= 0.3 is 12.1 Å². The number of carbonyl (C=O) groups is 4. The highest BCUT2D eigenvalue weighted by Crippen LogP contribution is 2.41. The Morgan fingerprint density at radius 3 is 1.89 bits per heavy atom. The quantitative estimate of drug-likeness (QED) is 0.340. The van der Waals surface area contributed by atoms with Crippen molar-refractivity contribution >= 4 is 33.9 Å². The molecule has 2 saturated heterocycles. The first-order valence-corrected chi connectivity index (χ1v) is 16.4. The monoisotopic (exact) mass is 628 g/mol. The van der Waals surface area contributed by atoms with Gasteiger partial charge in [0.05, 0.1) is 4.90 Å². The zero-order chi connectivity index (χ0) is 31.4. The van der Waals surface area contributed by atoms with Crippen LogP contribution in [0.5, 0.6) is 0 Å². The van der Waals surface area contributed by atoms with Crippen molar-refractivity contribution < 1.29 is 37.2 Å². The van der Waals surface area contributed by atoms with Gasteiger partial charge < -0.3 is 24.7 Å². The average molecular weight is 629 g/mol. The maximum absolute atomic E-state index is 12.7. The molecule has 3 amide bonds. The first-order valence-electron chi connectivity index (χ1n) is 14.9. The lowest BCUT2D eigenvalue weighted by molar-refractivity contribution is -0.147. The maximum atomic E-state index is 12.7. The minimum atomic E-state index is -3.96. The third kappa shape index (κ3) is 9.78. The summed E-state index contributed by atoms with van der Waals surface area (Å²) in [5.74, 6) is -0.794. The predicted octanol–water partition coefficient (Wildman–Crippen LogP) is 3.14. The molecule has 2 aliphatic heterocycles. The number of hydrogen-bond donors (Lipinski definition) is 2. The first-order chi connectivity index (χ1) is 21.2. The molecule has 1 spiro atoms. The Kier molecular flexibility index (Phi) is 11.7. The summed E-state index contributed by atoms with van der Waals surface area (Å²) in [6, 6.07) is 16.9. The summed E-state index contributed by atoms with van der Waals surface area (Å²) in [5, 5.41) is 2.64. The highest BCUT2D eigenvalue weighted by molar-refractivity contribution is 7.89. The number of nitrogens with zero attached hydrogens (tertiary/aromatic N) is 2. The molecule has 12 nitrogen and oxygen atoms in total. The smallest absolute Gasteiger partial charge is 0.407 e. The van der Waals surface area contributed by atoms with Crippen molar-refractivity contribution in [1.82, 2.24) is 20.0 Å². The Labute approximate surface area is 258 Å². The van der Waals surface area contributed by atoms with Gasteiger partial charge in [-0.3, -0.25) is 14.4 Å². The van der Waals surface area contributed by atoms with Crippen molar-refractivity contribution in [3.05, 3.63) is 66.2 Å². The standard InChI is InChI=1S/C31H40N4O8S/c36-27(12-7-13-29(38)43-33-44(40,41)26-10-5-2-6-11-26)34-20-15-31(16-21-34)17-22-35(23-18-31)28(37)14-19-32-30(39)42-24-25-8-3-1-4-9-25/h1-6,8-11,33H,7,12-24H2,(H,32,39). The highest BCUT2D eigenvalue weighted by atomic mass is 32.2. The van der Waals surface area contributed by atoms with Crippen molar-refractivity contribution in [1.29, 1.82) is 0 Å². The number of amides is 3. The van der Waals surface area contributed by atoms with Gasteiger partial charge in [-0.2, -0.15) is 0 Å². The third-order valence-electron chi connectivity index (χ3n) is 8.26. The number of carbonyl (C=O) groups excluding carboxylic acids is 4. The van der Waals surface area contributed by atoms with E-state index in [4.69, 9.17) is 9.57 Å². The van der Waals surface area contributed by atoms with Crippen LogP contribution in [0.3, 0.4) is 0 Å². The number of ether oxygens (including phenoxy) is 1. The first kappa shape index (κ1) is 32.9. The Balaban J connectivity index is 1.07. The summed E-state index contributed by atoms with van der Waals surface area (Å²) >= 11 is 0. The van der Waals surface area contributed by atoms with E-state index < -0.39 is 22.1 Å². The molecule has 0 atom stereocenters. The van der Waals surface area contributed by atoms with Crippen molar-refractivity contribution in [2.75, 3.05) is 32.7 Å². The average Bonchev–Trinajstić information content (AvgIpc) is 3.04. The van der Waals surface area contributed by atoms with Crippen LogP contribution in [0.25, 0.3) is 0 Å². The summed E-state index contributed by atoms with van der Waals surface area (Å²) in [6.07, 6.45) is 3.46. The van der Waals surface area contributed by atoms with E-state index in [-0.39, 0.29) is 61.0 Å². The van der Waals surface area contributed by atoms with Crippen LogP contribution in [0, 0.1) is 5.41 Å². The molecule has 0 radical (unpaired) electrons. The number of hydrogen-bond acceptors (Lipinski definition) is 8. The molecule has 2 aliphatic rings. The van der Waals surface area contributed by atoms with Gasteiger partial charge in [0.15, 0.2) is 0 Å². The molecule has 0 aliphatic carbocycles. The molecule has 0 unspecified atom stereocenters. The summed E-state index contributed by atoms with van der Waals surface area (Å²) in [4.78, 5) is 59.5. The Bertz CT molecular complexity index is 1370. The van der Waals surface area contributed by atoms with Crippen molar-refractivity contribution in [3.8, 4) is 0 Å². The van der Waals surface area contributed by atoms with Crippen molar-refractivity contribution in [2.24, 2.45) is 5.41 Å². The molecule has 4 rings (SSSR count). The van der Waals surface area contributed by atoms with E-state index in [0.717, 1.165) is 31.2 Å². The van der Waals surface area contributed by atoms with Crippen LogP contribution >= 0.6 is 0 Å². The van der Waals surface area contributed by atoms with Gasteiger partial charge in [-0.15, -0.1) is 0 Å². The van der Waals surface area contributed by atoms with Crippen molar-refractivity contribution in [2.45, 2.75) is 62.9 Å². The van der Waals surface area contributed by atoms with E-state index >= 15 is 0 Å². The van der Waals surface area contributed by atoms with Gasteiger partial charge in [0, 0.05) is 52.0 Å². The number of likely N-dealkylation sites (tertiary alicyclic amines) is 2. The number of alkyl carbamates (subject to hydrolysis) is 1. The molecular formula is C31H40N4O8S. The molecule has 0 aromatic heterocycles. The van der Waals surface area contributed by atoms with E-state index in [1.165, 1.54) is 12.1 Å². The Morgan fingerprint density at radius 2 is 1.30 bits per heavy atom. The topological polar surface area (TPSA) is 151 Å². The molecule has 2 N–H and O–H groups in total. The summed E-state index contributed by atoms with van der Waals surface area (Å²) < 4.78 is 29.5. The molecule has 0 bridgehead atoms. The van der Waals surface area contributed by atoms with Gasteiger partial charge in [-0.1, -0.05) is 48.5 Å². The molecule has 0 saturated carbocycles. The zero-order valence-corrected chi connectivity index (χ0v) is 25.6. The van der Waals surface area contributed by atoms with Crippen LogP contribution in [0.4, 0.5) is 4.79 Å². The number of rotatable bonds is 12. The Morgan fingerprint density at radius 1 is 0.750 bits per heavy atom. The number of sulfonamides is 1. The number of benzene rings is 2. The summed E-state index contributed by atoms with van der Waals surface area (Å²) in [5.41, 5.74) is 0.995. The van der Waals surface area contributed by atoms with Gasteiger partial charge in [-0.05, 0) is 60.1 Å². The molecule has 13 heteroatoms. The lowest BCUT2D eigenvalue weighted by atomic mass is 9.71. The molecule has 2 fully saturated rings. The van der Waals surface area contributed by atoms with Crippen LogP contribution < -0.4 is 10.2 Å². The molecule has 2 heterocycles. The fraction of sp³-hybridized carbons (Fsp3) is 0.484. The van der Waals surface area contributed by atoms with Gasteiger partial charge in [0.1, 0.15) is 6.61 Å². The van der Waals surface area contributed by atoms with E-state index in [9.17, 15) is 27.6 Å². The molecule has 238 valence electrons. The van der Waals surface area contributed by atoms with Gasteiger partial charge in [0.25, 0.3) is 10.0 Å². The highest BCUT2D eigenvalue weighted by Gasteiger charge is 2.39. The molecule has 2 aromatic carbocycles. The fourth-order valence-corrected chi connectivity index (χ4v) is 6.32. The predicted molar refractivity (Wildman–Crippen MR) is 160 cm³/mol. The maximum Gasteiger partial charge on any atom is 0.407 e.